The number of aromatic nitrogens is 2. The molecular formula is C27H30N6O6S. The topological polar surface area (TPSA) is 155 Å². The summed E-state index contributed by atoms with van der Waals surface area (Å²) in [7, 11) is -0.189. The van der Waals surface area contributed by atoms with E-state index in [4.69, 9.17) is 9.47 Å². The molecule has 0 aliphatic carbocycles. The predicted molar refractivity (Wildman–Crippen MR) is 154 cm³/mol. The highest BCUT2D eigenvalue weighted by Gasteiger charge is 2.21. The Balaban J connectivity index is 1.74. The van der Waals surface area contributed by atoms with Gasteiger partial charge in [-0.2, -0.15) is 0 Å². The van der Waals surface area contributed by atoms with Crippen molar-refractivity contribution in [3.63, 3.8) is 0 Å². The Labute approximate surface area is 233 Å². The van der Waals surface area contributed by atoms with Gasteiger partial charge in [0.2, 0.25) is 16.8 Å². The molecule has 4 N–H and O–H groups in total. The average molecular weight is 567 g/mol. The number of ether oxygens (including phenoxy) is 2. The Kier molecular flexibility index (Phi) is 9.32. The summed E-state index contributed by atoms with van der Waals surface area (Å²) < 4.78 is 37.1. The number of anilines is 5. The maximum atomic E-state index is 12.7. The molecule has 1 heterocycles. The highest BCUT2D eigenvalue weighted by molar-refractivity contribution is 7.74. The predicted octanol–water partition coefficient (Wildman–Crippen LogP) is 2.96. The van der Waals surface area contributed by atoms with Gasteiger partial charge in [0.05, 0.1) is 43.6 Å². The molecule has 0 saturated heterocycles. The molecule has 0 aliphatic rings. The largest absolute Gasteiger partial charge is 0.497 e. The summed E-state index contributed by atoms with van der Waals surface area (Å²) >= 11 is 0. The number of aliphatic hydroxyl groups is 1. The van der Waals surface area contributed by atoms with Crippen molar-refractivity contribution in [2.24, 2.45) is 0 Å². The number of hydrogen-bond donors (Lipinski definition) is 5. The normalized spacial score (nSPS) is 11.7. The van der Waals surface area contributed by atoms with Crippen LogP contribution in [0.5, 0.6) is 11.5 Å². The van der Waals surface area contributed by atoms with E-state index in [-0.39, 0.29) is 36.3 Å². The summed E-state index contributed by atoms with van der Waals surface area (Å²) in [5.41, 5.74) is 2.19. The minimum atomic E-state index is -3.24. The van der Waals surface area contributed by atoms with E-state index < -0.39 is 17.0 Å². The van der Waals surface area contributed by atoms with E-state index in [9.17, 15) is 18.3 Å². The number of nitrogens with one attached hydrogen (secondary N) is 3. The van der Waals surface area contributed by atoms with E-state index in [0.29, 0.717) is 33.9 Å². The van der Waals surface area contributed by atoms with Gasteiger partial charge in [-0.15, -0.1) is 0 Å². The van der Waals surface area contributed by atoms with Gasteiger partial charge in [0.1, 0.15) is 11.5 Å². The molecule has 0 fully saturated rings. The zero-order chi connectivity index (χ0) is 28.6. The minimum Gasteiger partial charge on any atom is -0.497 e. The number of aliphatic hydroxyl groups excluding tert-OH is 1. The second-order valence-corrected chi connectivity index (χ2v) is 9.61. The molecule has 4 rings (SSSR count). The molecule has 1 atom stereocenters. The van der Waals surface area contributed by atoms with Gasteiger partial charge >= 0.3 is 0 Å². The van der Waals surface area contributed by atoms with Crippen LogP contribution in [0.1, 0.15) is 6.92 Å². The molecule has 4 aromatic rings. The van der Waals surface area contributed by atoms with Crippen molar-refractivity contribution in [1.29, 1.82) is 0 Å². The number of carbonyl (C=O) groups excluding carboxylic acids is 1. The summed E-state index contributed by atoms with van der Waals surface area (Å²) in [6.07, 6.45) is -0.595. The van der Waals surface area contributed by atoms with E-state index in [1.165, 1.54) is 20.3 Å². The number of para-hydroxylation sites is 2. The highest BCUT2D eigenvalue weighted by atomic mass is 32.2. The van der Waals surface area contributed by atoms with Crippen LogP contribution in [0.4, 0.5) is 28.7 Å². The SMILES string of the molecule is COc1cc(Nc2nc3ccccc3nc2N(c2cccc(NC(=O)CNCC(C)O)c2)[SH](=O)=O)cc(OC)c1. The van der Waals surface area contributed by atoms with Gasteiger partial charge in [-0.25, -0.2) is 22.7 Å². The van der Waals surface area contributed by atoms with Crippen molar-refractivity contribution in [2.75, 3.05) is 42.2 Å². The van der Waals surface area contributed by atoms with Crippen LogP contribution in [0.2, 0.25) is 0 Å². The van der Waals surface area contributed by atoms with E-state index >= 15 is 0 Å². The van der Waals surface area contributed by atoms with Gasteiger partial charge in [-0.05, 0) is 37.3 Å². The molecule has 12 nitrogen and oxygen atoms in total. The fourth-order valence-corrected chi connectivity index (χ4v) is 4.45. The molecule has 40 heavy (non-hydrogen) atoms. The summed E-state index contributed by atoms with van der Waals surface area (Å²) in [4.78, 5) is 21.6. The molecule has 1 amide bonds. The van der Waals surface area contributed by atoms with Crippen LogP contribution in [-0.2, 0) is 15.7 Å². The van der Waals surface area contributed by atoms with E-state index in [1.54, 1.807) is 61.5 Å². The number of fused-ring (bicyclic) bond motifs is 1. The Morgan fingerprint density at radius 1 is 0.950 bits per heavy atom. The molecule has 0 saturated carbocycles. The zero-order valence-electron chi connectivity index (χ0n) is 22.1. The quantitative estimate of drug-likeness (QED) is 0.162. The summed E-state index contributed by atoms with van der Waals surface area (Å²) in [6.45, 7) is 1.84. The fraction of sp³-hybridized carbons (Fsp3) is 0.222. The summed E-state index contributed by atoms with van der Waals surface area (Å²) in [5, 5.41) is 18.1. The molecule has 1 aromatic heterocycles. The first-order valence-electron chi connectivity index (χ1n) is 12.3. The maximum Gasteiger partial charge on any atom is 0.238 e. The third-order valence-corrected chi connectivity index (χ3v) is 6.38. The molecule has 0 aliphatic heterocycles. The first kappa shape index (κ1) is 28.5. The lowest BCUT2D eigenvalue weighted by Crippen LogP contribution is -2.32. The molecule has 1 unspecified atom stereocenters. The van der Waals surface area contributed by atoms with E-state index in [0.717, 1.165) is 4.31 Å². The number of thiol groups is 1. The lowest BCUT2D eigenvalue weighted by Gasteiger charge is -2.21. The fourth-order valence-electron chi connectivity index (χ4n) is 3.85. The van der Waals surface area contributed by atoms with Gasteiger partial charge in [-0.3, -0.25) is 4.79 Å². The van der Waals surface area contributed by atoms with E-state index in [2.05, 4.69) is 25.9 Å². The number of rotatable bonds is 12. The lowest BCUT2D eigenvalue weighted by atomic mass is 10.2. The van der Waals surface area contributed by atoms with Gasteiger partial charge in [-0.1, -0.05) is 18.2 Å². The van der Waals surface area contributed by atoms with Crippen LogP contribution in [0.3, 0.4) is 0 Å². The van der Waals surface area contributed by atoms with Gasteiger partial charge < -0.3 is 30.5 Å². The van der Waals surface area contributed by atoms with Crippen LogP contribution in [-0.4, -0.2) is 62.8 Å². The zero-order valence-corrected chi connectivity index (χ0v) is 23.0. The molecule has 0 radical (unpaired) electrons. The highest BCUT2D eigenvalue weighted by Crippen LogP contribution is 2.35. The molecule has 0 bridgehead atoms. The number of amides is 1. The van der Waals surface area contributed by atoms with Crippen LogP contribution < -0.4 is 29.7 Å². The maximum absolute atomic E-state index is 12.7. The molecule has 13 heteroatoms. The van der Waals surface area contributed by atoms with Gasteiger partial charge in [0, 0.05) is 36.1 Å². The third kappa shape index (κ3) is 7.14. The first-order valence-corrected chi connectivity index (χ1v) is 13.4. The smallest absolute Gasteiger partial charge is 0.238 e. The van der Waals surface area contributed by atoms with Crippen molar-refractivity contribution >= 4 is 56.5 Å². The molecule has 0 spiro atoms. The Morgan fingerprint density at radius 2 is 1.62 bits per heavy atom. The lowest BCUT2D eigenvalue weighted by molar-refractivity contribution is -0.115. The van der Waals surface area contributed by atoms with Crippen LogP contribution in [0, 0.1) is 0 Å². The van der Waals surface area contributed by atoms with Gasteiger partial charge in [0.25, 0.3) is 0 Å². The number of hydrogen-bond acceptors (Lipinski definition) is 10. The minimum absolute atomic E-state index is 0.0249. The van der Waals surface area contributed by atoms with Crippen LogP contribution in [0.15, 0.2) is 66.7 Å². The summed E-state index contributed by atoms with van der Waals surface area (Å²) in [5.74, 6) is 0.893. The third-order valence-electron chi connectivity index (χ3n) is 5.63. The van der Waals surface area contributed by atoms with E-state index in [1.807, 2.05) is 6.07 Å². The van der Waals surface area contributed by atoms with Crippen molar-refractivity contribution in [3.8, 4) is 11.5 Å². The van der Waals surface area contributed by atoms with Crippen LogP contribution in [0.25, 0.3) is 11.0 Å². The van der Waals surface area contributed by atoms with Crippen molar-refractivity contribution < 1.29 is 27.8 Å². The average Bonchev–Trinajstić information content (AvgIpc) is 2.93. The van der Waals surface area contributed by atoms with Gasteiger partial charge in [0.15, 0.2) is 11.6 Å². The molecule has 210 valence electrons. The second kappa shape index (κ2) is 13.1. The Morgan fingerprint density at radius 3 is 2.25 bits per heavy atom. The molecule has 3 aromatic carbocycles. The van der Waals surface area contributed by atoms with Crippen molar-refractivity contribution in [1.82, 2.24) is 15.3 Å². The Hall–Kier alpha value is -4.46. The monoisotopic (exact) mass is 566 g/mol. The first-order chi connectivity index (χ1) is 19.3. The van der Waals surface area contributed by atoms with Crippen molar-refractivity contribution in [2.45, 2.75) is 13.0 Å². The van der Waals surface area contributed by atoms with Crippen LogP contribution >= 0.6 is 0 Å². The standard InChI is InChI=1S/C27H30N6O6S/c1-17(34)15-28-16-25(35)29-18-7-6-8-20(11-18)33(40(36)37)27-26(31-23-9-4-5-10-24(23)32-27)30-19-12-21(38-2)14-22(13-19)39-3/h4-14,17,28,34,40H,15-16H2,1-3H3,(H,29,35)(H,30,31). The number of benzene rings is 3. The summed E-state index contributed by atoms with van der Waals surface area (Å²) in [6, 6.07) is 18.6. The molecular weight excluding hydrogens is 536 g/mol. The second-order valence-electron chi connectivity index (χ2n) is 8.74. The van der Waals surface area contributed by atoms with Crippen molar-refractivity contribution in [3.05, 3.63) is 66.7 Å². The number of methoxy groups -OCH3 is 2. The Bertz CT molecular complexity index is 1550. The number of nitrogens with zero attached hydrogens (tertiary/aromatic N) is 3. The number of carbonyl (C=O) groups is 1.